The molecule has 2 heterocycles. The highest BCUT2D eigenvalue weighted by molar-refractivity contribution is 6.00. The molecule has 5 nitrogen and oxygen atoms in total. The minimum Gasteiger partial charge on any atom is -0.496 e. The summed E-state index contributed by atoms with van der Waals surface area (Å²) in [4.78, 5) is 4.94. The molecular formula is C20H23N3O2. The molecule has 1 saturated heterocycles. The number of nitrogens with one attached hydrogen (secondary N) is 2. The third-order valence-electron chi connectivity index (χ3n) is 4.95. The van der Waals surface area contributed by atoms with E-state index in [0.717, 1.165) is 54.6 Å². The third kappa shape index (κ3) is 3.07. The van der Waals surface area contributed by atoms with Crippen LogP contribution in [0.4, 0.5) is 11.4 Å². The van der Waals surface area contributed by atoms with Crippen molar-refractivity contribution in [3.8, 4) is 5.75 Å². The van der Waals surface area contributed by atoms with Gasteiger partial charge in [0, 0.05) is 38.2 Å². The molecule has 2 aliphatic heterocycles. The van der Waals surface area contributed by atoms with Crippen molar-refractivity contribution in [2.24, 2.45) is 4.99 Å². The second-order valence-electron chi connectivity index (χ2n) is 6.46. The average Bonchev–Trinajstić information content (AvgIpc) is 2.67. The van der Waals surface area contributed by atoms with Gasteiger partial charge in [0.25, 0.3) is 0 Å². The topological polar surface area (TPSA) is 54.9 Å². The van der Waals surface area contributed by atoms with Gasteiger partial charge in [-0.15, -0.1) is 0 Å². The number of ether oxygens (including phenoxy) is 2. The van der Waals surface area contributed by atoms with E-state index in [1.807, 2.05) is 36.4 Å². The molecule has 2 N–H and O–H groups in total. The summed E-state index contributed by atoms with van der Waals surface area (Å²) in [6, 6.07) is 16.3. The van der Waals surface area contributed by atoms with Gasteiger partial charge < -0.3 is 20.1 Å². The fourth-order valence-corrected chi connectivity index (χ4v) is 3.54. The summed E-state index contributed by atoms with van der Waals surface area (Å²) in [7, 11) is 1.70. The first kappa shape index (κ1) is 16.0. The van der Waals surface area contributed by atoms with E-state index >= 15 is 0 Å². The van der Waals surface area contributed by atoms with Crippen molar-refractivity contribution in [3.63, 3.8) is 0 Å². The van der Waals surface area contributed by atoms with Crippen molar-refractivity contribution in [1.29, 1.82) is 0 Å². The summed E-state index contributed by atoms with van der Waals surface area (Å²) in [5.41, 5.74) is 3.00. The Hall–Kier alpha value is -2.53. The SMILES string of the molecule is COc1ccccc1CNC1=Nc2ccccc2NC12CCOCC2. The first-order chi connectivity index (χ1) is 12.3. The summed E-state index contributed by atoms with van der Waals surface area (Å²) >= 11 is 0. The van der Waals surface area contributed by atoms with E-state index in [1.54, 1.807) is 7.11 Å². The maximum Gasteiger partial charge on any atom is 0.129 e. The van der Waals surface area contributed by atoms with Gasteiger partial charge in [-0.05, 0) is 18.2 Å². The van der Waals surface area contributed by atoms with Gasteiger partial charge in [-0.3, -0.25) is 0 Å². The van der Waals surface area contributed by atoms with Gasteiger partial charge in [0.05, 0.1) is 24.0 Å². The smallest absolute Gasteiger partial charge is 0.129 e. The lowest BCUT2D eigenvalue weighted by atomic mass is 9.86. The molecule has 2 aliphatic rings. The Morgan fingerprint density at radius 2 is 1.88 bits per heavy atom. The van der Waals surface area contributed by atoms with Gasteiger partial charge >= 0.3 is 0 Å². The summed E-state index contributed by atoms with van der Waals surface area (Å²) in [6.45, 7) is 2.16. The van der Waals surface area contributed by atoms with Gasteiger partial charge in [-0.2, -0.15) is 0 Å². The molecule has 2 aromatic carbocycles. The van der Waals surface area contributed by atoms with E-state index in [-0.39, 0.29) is 5.54 Å². The molecule has 4 rings (SSSR count). The normalized spacial score (nSPS) is 18.0. The van der Waals surface area contributed by atoms with Gasteiger partial charge in [0.2, 0.25) is 0 Å². The highest BCUT2D eigenvalue weighted by atomic mass is 16.5. The van der Waals surface area contributed by atoms with Crippen molar-refractivity contribution in [1.82, 2.24) is 5.32 Å². The minimum atomic E-state index is -0.186. The summed E-state index contributed by atoms with van der Waals surface area (Å²) in [6.07, 6.45) is 1.80. The summed E-state index contributed by atoms with van der Waals surface area (Å²) in [5.74, 6) is 1.88. The zero-order valence-corrected chi connectivity index (χ0v) is 14.4. The highest BCUT2D eigenvalue weighted by Crippen LogP contribution is 2.37. The number of hydrogen-bond acceptors (Lipinski definition) is 5. The fourth-order valence-electron chi connectivity index (χ4n) is 3.54. The van der Waals surface area contributed by atoms with Crippen LogP contribution in [0.3, 0.4) is 0 Å². The average molecular weight is 337 g/mol. The molecule has 0 saturated carbocycles. The number of rotatable bonds is 3. The fraction of sp³-hybridized carbons (Fsp3) is 0.350. The van der Waals surface area contributed by atoms with Gasteiger partial charge in [0.1, 0.15) is 11.6 Å². The Balaban J connectivity index is 1.63. The maximum atomic E-state index is 5.59. The molecule has 25 heavy (non-hydrogen) atoms. The third-order valence-corrected chi connectivity index (χ3v) is 4.95. The van der Waals surface area contributed by atoms with Gasteiger partial charge in [0.15, 0.2) is 0 Å². The molecule has 0 amide bonds. The minimum absolute atomic E-state index is 0.186. The van der Waals surface area contributed by atoms with E-state index in [4.69, 9.17) is 14.5 Å². The molecule has 0 radical (unpaired) electrons. The molecule has 0 unspecified atom stereocenters. The number of fused-ring (bicyclic) bond motifs is 1. The standard InChI is InChI=1S/C20H23N3O2/c1-24-18-9-5-2-6-15(18)14-21-19-20(10-12-25-13-11-20)23-17-8-4-3-7-16(17)22-19/h2-9,23H,10-14H2,1H3,(H,21,22). The molecule has 0 aliphatic carbocycles. The van der Waals surface area contributed by atoms with Crippen LogP contribution in [-0.2, 0) is 11.3 Å². The van der Waals surface area contributed by atoms with Crippen LogP contribution in [0.5, 0.6) is 5.75 Å². The Morgan fingerprint density at radius 3 is 2.72 bits per heavy atom. The molecule has 5 heteroatoms. The Morgan fingerprint density at radius 1 is 1.12 bits per heavy atom. The van der Waals surface area contributed by atoms with E-state index in [9.17, 15) is 0 Å². The van der Waals surface area contributed by atoms with E-state index in [0.29, 0.717) is 6.54 Å². The van der Waals surface area contributed by atoms with Gasteiger partial charge in [-0.1, -0.05) is 30.3 Å². The van der Waals surface area contributed by atoms with Crippen LogP contribution in [-0.4, -0.2) is 31.7 Å². The van der Waals surface area contributed by atoms with Crippen LogP contribution in [0, 0.1) is 0 Å². The van der Waals surface area contributed by atoms with E-state index in [1.165, 1.54) is 0 Å². The second kappa shape index (κ2) is 6.76. The van der Waals surface area contributed by atoms with Crippen molar-refractivity contribution in [2.45, 2.75) is 24.9 Å². The quantitative estimate of drug-likeness (QED) is 0.900. The van der Waals surface area contributed by atoms with Crippen molar-refractivity contribution >= 4 is 17.2 Å². The van der Waals surface area contributed by atoms with Crippen LogP contribution >= 0.6 is 0 Å². The number of anilines is 1. The summed E-state index contributed by atoms with van der Waals surface area (Å²) < 4.78 is 11.1. The number of hydrogen-bond donors (Lipinski definition) is 2. The van der Waals surface area contributed by atoms with Crippen molar-refractivity contribution in [2.75, 3.05) is 25.6 Å². The zero-order chi connectivity index (χ0) is 17.1. The van der Waals surface area contributed by atoms with E-state index in [2.05, 4.69) is 22.8 Å². The lowest BCUT2D eigenvalue weighted by Crippen LogP contribution is -2.56. The monoisotopic (exact) mass is 337 g/mol. The number of amidine groups is 1. The number of benzene rings is 2. The Kier molecular flexibility index (Phi) is 4.32. The maximum absolute atomic E-state index is 5.59. The van der Waals surface area contributed by atoms with Gasteiger partial charge in [-0.25, -0.2) is 4.99 Å². The second-order valence-corrected chi connectivity index (χ2v) is 6.46. The lowest BCUT2D eigenvalue weighted by molar-refractivity contribution is 0.0771. The van der Waals surface area contributed by atoms with Crippen molar-refractivity contribution < 1.29 is 9.47 Å². The number of aliphatic imine (C=N–C) groups is 1. The predicted molar refractivity (Wildman–Crippen MR) is 99.8 cm³/mol. The van der Waals surface area contributed by atoms with Crippen LogP contribution in [0.15, 0.2) is 53.5 Å². The van der Waals surface area contributed by atoms with E-state index < -0.39 is 0 Å². The van der Waals surface area contributed by atoms with Crippen LogP contribution in [0.2, 0.25) is 0 Å². The number of nitrogens with zero attached hydrogens (tertiary/aromatic N) is 1. The molecule has 2 aromatic rings. The van der Waals surface area contributed by atoms with Crippen LogP contribution < -0.4 is 15.4 Å². The first-order valence-corrected chi connectivity index (χ1v) is 8.71. The largest absolute Gasteiger partial charge is 0.496 e. The molecule has 0 bridgehead atoms. The molecule has 0 atom stereocenters. The molecule has 1 spiro atoms. The van der Waals surface area contributed by atoms with Crippen LogP contribution in [0.1, 0.15) is 18.4 Å². The molecule has 130 valence electrons. The first-order valence-electron chi connectivity index (χ1n) is 8.71. The molecule has 0 aromatic heterocycles. The number of para-hydroxylation sites is 3. The zero-order valence-electron chi connectivity index (χ0n) is 14.4. The highest BCUT2D eigenvalue weighted by Gasteiger charge is 2.40. The Labute approximate surface area is 148 Å². The Bertz CT molecular complexity index is 782. The predicted octanol–water partition coefficient (Wildman–Crippen LogP) is 3.49. The molecular weight excluding hydrogens is 314 g/mol. The van der Waals surface area contributed by atoms with Crippen molar-refractivity contribution in [3.05, 3.63) is 54.1 Å². The lowest BCUT2D eigenvalue weighted by Gasteiger charge is -2.42. The number of methoxy groups -OCH3 is 1. The summed E-state index contributed by atoms with van der Waals surface area (Å²) in [5, 5.41) is 7.29. The molecule has 1 fully saturated rings. The van der Waals surface area contributed by atoms with Crippen LogP contribution in [0.25, 0.3) is 0 Å².